The van der Waals surface area contributed by atoms with Crippen LogP contribution in [0.3, 0.4) is 0 Å². The maximum absolute atomic E-state index is 11.5. The van der Waals surface area contributed by atoms with E-state index >= 15 is 0 Å². The van der Waals surface area contributed by atoms with E-state index in [0.29, 0.717) is 5.69 Å². The van der Waals surface area contributed by atoms with Gasteiger partial charge in [-0.15, -0.1) is 0 Å². The van der Waals surface area contributed by atoms with Gasteiger partial charge in [0.1, 0.15) is 0 Å². The summed E-state index contributed by atoms with van der Waals surface area (Å²) in [5.74, 6) is -0.550. The van der Waals surface area contributed by atoms with Gasteiger partial charge in [-0.05, 0) is 6.42 Å². The van der Waals surface area contributed by atoms with Crippen LogP contribution in [0.4, 0.5) is 5.69 Å². The molecule has 0 fully saturated rings. The van der Waals surface area contributed by atoms with Crippen LogP contribution in [0, 0.1) is 0 Å². The lowest BCUT2D eigenvalue weighted by Gasteiger charge is -2.04. The van der Waals surface area contributed by atoms with E-state index in [1.165, 1.54) is 19.5 Å². The van der Waals surface area contributed by atoms with E-state index in [0.717, 1.165) is 0 Å². The Morgan fingerprint density at radius 3 is 2.94 bits per heavy atom. The van der Waals surface area contributed by atoms with Crippen molar-refractivity contribution in [3.8, 4) is 0 Å². The Balaban J connectivity index is 2.38. The molecule has 0 aliphatic rings. The van der Waals surface area contributed by atoms with Crippen molar-refractivity contribution in [1.29, 1.82) is 0 Å². The fraction of sp³-hybridized carbons (Fsp3) is 0.500. The third-order valence-corrected chi connectivity index (χ3v) is 3.17. The molecule has 1 heterocycles. The van der Waals surface area contributed by atoms with Gasteiger partial charge in [-0.3, -0.25) is 14.6 Å². The maximum atomic E-state index is 11.5. The summed E-state index contributed by atoms with van der Waals surface area (Å²) in [5, 5.41) is 6.09. The molecule has 1 aromatic heterocycles. The molecule has 0 bridgehead atoms. The number of carbonyl (C=O) groups excluding carboxylic acids is 1. The molecule has 0 aliphatic carbocycles. The number of sulfonamides is 1. The van der Waals surface area contributed by atoms with Gasteiger partial charge in [-0.2, -0.15) is 5.10 Å². The van der Waals surface area contributed by atoms with E-state index in [9.17, 15) is 13.2 Å². The second-order valence-corrected chi connectivity index (χ2v) is 4.93. The number of anilines is 1. The monoisotopic (exact) mass is 247 g/mol. The van der Waals surface area contributed by atoms with Crippen molar-refractivity contribution in [2.45, 2.75) is 12.8 Å². The highest BCUT2D eigenvalue weighted by molar-refractivity contribution is 7.92. The van der Waals surface area contributed by atoms with E-state index in [1.54, 1.807) is 0 Å². The van der Waals surface area contributed by atoms with Crippen molar-refractivity contribution in [1.82, 2.24) is 10.2 Å². The minimum Gasteiger partial charge on any atom is -0.469 e. The molecule has 1 aromatic rings. The Kier molecular flexibility index (Phi) is 4.29. The number of nitrogens with zero attached hydrogens (tertiary/aromatic N) is 1. The van der Waals surface area contributed by atoms with Crippen LogP contribution in [-0.2, 0) is 19.6 Å². The van der Waals surface area contributed by atoms with E-state index in [2.05, 4.69) is 19.7 Å². The summed E-state index contributed by atoms with van der Waals surface area (Å²) in [6, 6.07) is 0. The molecule has 0 aromatic carbocycles. The summed E-state index contributed by atoms with van der Waals surface area (Å²) >= 11 is 0. The molecule has 0 unspecified atom stereocenters. The van der Waals surface area contributed by atoms with E-state index in [4.69, 9.17) is 0 Å². The lowest BCUT2D eigenvalue weighted by atomic mass is 10.3. The molecule has 7 nitrogen and oxygen atoms in total. The molecular weight excluding hydrogens is 234 g/mol. The minimum absolute atomic E-state index is 0.0861. The summed E-state index contributed by atoms with van der Waals surface area (Å²) in [6.07, 6.45) is 3.10. The third kappa shape index (κ3) is 4.30. The highest BCUT2D eigenvalue weighted by Crippen LogP contribution is 2.06. The molecular formula is C8H13N3O4S. The topological polar surface area (TPSA) is 101 Å². The maximum Gasteiger partial charge on any atom is 0.305 e. The summed E-state index contributed by atoms with van der Waals surface area (Å²) < 4.78 is 29.6. The van der Waals surface area contributed by atoms with Gasteiger partial charge >= 0.3 is 5.97 Å². The van der Waals surface area contributed by atoms with Crippen molar-refractivity contribution < 1.29 is 17.9 Å². The Labute approximate surface area is 93.2 Å². The number of rotatable bonds is 6. The molecule has 1 rings (SSSR count). The number of nitrogens with one attached hydrogen (secondary N) is 2. The predicted octanol–water partition coefficient (Wildman–Crippen LogP) is 0.105. The first kappa shape index (κ1) is 12.5. The fourth-order valence-electron chi connectivity index (χ4n) is 1.05. The van der Waals surface area contributed by atoms with E-state index in [1.807, 2.05) is 0 Å². The van der Waals surface area contributed by atoms with Crippen LogP contribution in [0.2, 0.25) is 0 Å². The Hall–Kier alpha value is -1.57. The number of hydrogen-bond donors (Lipinski definition) is 2. The smallest absolute Gasteiger partial charge is 0.305 e. The molecule has 8 heteroatoms. The van der Waals surface area contributed by atoms with Gasteiger partial charge in [-0.1, -0.05) is 0 Å². The molecule has 0 atom stereocenters. The van der Waals surface area contributed by atoms with Crippen molar-refractivity contribution in [3.05, 3.63) is 12.4 Å². The van der Waals surface area contributed by atoms with Gasteiger partial charge in [0.2, 0.25) is 10.0 Å². The molecule has 90 valence electrons. The predicted molar refractivity (Wildman–Crippen MR) is 57.2 cm³/mol. The van der Waals surface area contributed by atoms with E-state index in [-0.39, 0.29) is 18.6 Å². The summed E-state index contributed by atoms with van der Waals surface area (Å²) in [5.41, 5.74) is 0.373. The van der Waals surface area contributed by atoms with Crippen LogP contribution in [0.15, 0.2) is 12.4 Å². The van der Waals surface area contributed by atoms with Crippen LogP contribution in [0.5, 0.6) is 0 Å². The molecule has 0 spiro atoms. The second kappa shape index (κ2) is 5.50. The van der Waals surface area contributed by atoms with E-state index < -0.39 is 16.0 Å². The largest absolute Gasteiger partial charge is 0.469 e. The molecule has 0 saturated heterocycles. The Morgan fingerprint density at radius 2 is 2.38 bits per heavy atom. The first-order chi connectivity index (χ1) is 7.53. The van der Waals surface area contributed by atoms with Crippen LogP contribution >= 0.6 is 0 Å². The zero-order chi connectivity index (χ0) is 12.0. The summed E-state index contributed by atoms with van der Waals surface area (Å²) in [6.45, 7) is 0. The molecule has 0 radical (unpaired) electrons. The average molecular weight is 247 g/mol. The van der Waals surface area contributed by atoms with Crippen molar-refractivity contribution in [2.24, 2.45) is 0 Å². The highest BCUT2D eigenvalue weighted by Gasteiger charge is 2.12. The molecule has 0 saturated carbocycles. The number of H-pyrrole nitrogens is 1. The van der Waals surface area contributed by atoms with Gasteiger partial charge in [0, 0.05) is 12.6 Å². The first-order valence-corrected chi connectivity index (χ1v) is 6.25. The van der Waals surface area contributed by atoms with Crippen LogP contribution < -0.4 is 4.72 Å². The first-order valence-electron chi connectivity index (χ1n) is 4.59. The minimum atomic E-state index is -3.43. The zero-order valence-electron chi connectivity index (χ0n) is 8.76. The second-order valence-electron chi connectivity index (χ2n) is 3.09. The number of aromatic amines is 1. The van der Waals surface area contributed by atoms with Gasteiger partial charge < -0.3 is 4.74 Å². The van der Waals surface area contributed by atoms with Crippen LogP contribution in [0.1, 0.15) is 12.8 Å². The molecule has 16 heavy (non-hydrogen) atoms. The van der Waals surface area contributed by atoms with Gasteiger partial charge in [0.15, 0.2) is 0 Å². The molecule has 0 amide bonds. The van der Waals surface area contributed by atoms with Gasteiger partial charge in [0.05, 0.1) is 24.7 Å². The molecule has 2 N–H and O–H groups in total. The number of methoxy groups -OCH3 is 1. The Morgan fingerprint density at radius 1 is 1.62 bits per heavy atom. The zero-order valence-corrected chi connectivity index (χ0v) is 9.58. The summed E-state index contributed by atoms with van der Waals surface area (Å²) in [4.78, 5) is 10.8. The van der Waals surface area contributed by atoms with Gasteiger partial charge in [0.25, 0.3) is 0 Å². The standard InChI is InChI=1S/C8H13N3O4S/c1-15-8(12)3-2-4-16(13,14)11-7-5-9-10-6-7/h5-6,11H,2-4H2,1H3,(H,9,10). The number of carbonyl (C=O) groups is 1. The lowest BCUT2D eigenvalue weighted by molar-refractivity contribution is -0.140. The fourth-order valence-corrected chi connectivity index (χ4v) is 2.14. The van der Waals surface area contributed by atoms with Crippen molar-refractivity contribution in [3.63, 3.8) is 0 Å². The summed E-state index contributed by atoms with van der Waals surface area (Å²) in [7, 11) is -2.16. The quantitative estimate of drug-likeness (QED) is 0.694. The van der Waals surface area contributed by atoms with Crippen molar-refractivity contribution >= 4 is 21.7 Å². The average Bonchev–Trinajstić information content (AvgIpc) is 2.69. The number of ether oxygens (including phenoxy) is 1. The van der Waals surface area contributed by atoms with Crippen molar-refractivity contribution in [2.75, 3.05) is 17.6 Å². The third-order valence-electron chi connectivity index (χ3n) is 1.79. The number of aromatic nitrogens is 2. The SMILES string of the molecule is COC(=O)CCCS(=O)(=O)Nc1cn[nH]c1. The highest BCUT2D eigenvalue weighted by atomic mass is 32.2. The van der Waals surface area contributed by atoms with Gasteiger partial charge in [-0.25, -0.2) is 8.42 Å². The van der Waals surface area contributed by atoms with Crippen LogP contribution in [0.25, 0.3) is 0 Å². The van der Waals surface area contributed by atoms with Crippen LogP contribution in [-0.4, -0.2) is 37.4 Å². The normalized spacial score (nSPS) is 11.1. The molecule has 0 aliphatic heterocycles. The Bertz CT molecular complexity index is 426. The lowest BCUT2D eigenvalue weighted by Crippen LogP contribution is -2.17. The number of hydrogen-bond acceptors (Lipinski definition) is 5. The number of esters is 1.